The summed E-state index contributed by atoms with van der Waals surface area (Å²) < 4.78 is 13.8. The largest absolute Gasteiger partial charge is 0.329 e. The standard InChI is InChI=1S/C16H18BrFN4O/c17-13-8-11(6-7-14(13)18)9-22(12-4-2-1-3-5-12)16(23)15-19-10-20-21-15/h6-8,10,12H,1-5,9H2,(H,19,20,21). The Morgan fingerprint density at radius 1 is 1.35 bits per heavy atom. The van der Waals surface area contributed by atoms with E-state index in [1.165, 1.54) is 18.8 Å². The van der Waals surface area contributed by atoms with Gasteiger partial charge in [0.15, 0.2) is 0 Å². The van der Waals surface area contributed by atoms with E-state index in [-0.39, 0.29) is 23.6 Å². The highest BCUT2D eigenvalue weighted by Gasteiger charge is 2.28. The molecule has 1 fully saturated rings. The number of halogens is 2. The number of H-pyrrole nitrogens is 1. The molecule has 122 valence electrons. The molecule has 0 aliphatic heterocycles. The highest BCUT2D eigenvalue weighted by atomic mass is 79.9. The minimum atomic E-state index is -0.307. The monoisotopic (exact) mass is 380 g/mol. The molecule has 1 saturated carbocycles. The molecule has 1 aromatic heterocycles. The predicted octanol–water partition coefficient (Wildman–Crippen LogP) is 3.68. The van der Waals surface area contributed by atoms with Crippen LogP contribution in [-0.4, -0.2) is 32.0 Å². The van der Waals surface area contributed by atoms with Crippen LogP contribution in [0, 0.1) is 5.82 Å². The van der Waals surface area contributed by atoms with Gasteiger partial charge in [0.05, 0.1) is 4.47 Å². The van der Waals surface area contributed by atoms with Gasteiger partial charge in [-0.3, -0.25) is 9.89 Å². The molecule has 1 N–H and O–H groups in total. The summed E-state index contributed by atoms with van der Waals surface area (Å²) in [5.41, 5.74) is 0.882. The van der Waals surface area contributed by atoms with Gasteiger partial charge in [0.25, 0.3) is 5.91 Å². The lowest BCUT2D eigenvalue weighted by Gasteiger charge is -2.33. The number of hydrogen-bond acceptors (Lipinski definition) is 3. The molecule has 1 aromatic carbocycles. The van der Waals surface area contributed by atoms with Crippen molar-refractivity contribution < 1.29 is 9.18 Å². The minimum Gasteiger partial charge on any atom is -0.329 e. The zero-order chi connectivity index (χ0) is 16.2. The van der Waals surface area contributed by atoms with Crippen molar-refractivity contribution in [3.05, 3.63) is 46.2 Å². The summed E-state index contributed by atoms with van der Waals surface area (Å²) in [6, 6.07) is 5.02. The molecule has 7 heteroatoms. The molecule has 3 rings (SSSR count). The predicted molar refractivity (Wildman–Crippen MR) is 87.2 cm³/mol. The summed E-state index contributed by atoms with van der Waals surface area (Å²) in [6.07, 6.45) is 6.82. The van der Waals surface area contributed by atoms with Crippen LogP contribution in [-0.2, 0) is 6.54 Å². The average Bonchev–Trinajstić information content (AvgIpc) is 3.10. The van der Waals surface area contributed by atoms with Crippen LogP contribution in [0.3, 0.4) is 0 Å². The van der Waals surface area contributed by atoms with Gasteiger partial charge in [-0.2, -0.15) is 0 Å². The molecule has 1 aliphatic carbocycles. The van der Waals surface area contributed by atoms with Crippen molar-refractivity contribution in [1.29, 1.82) is 0 Å². The van der Waals surface area contributed by atoms with Gasteiger partial charge in [0.2, 0.25) is 5.82 Å². The quantitative estimate of drug-likeness (QED) is 0.879. The molecule has 23 heavy (non-hydrogen) atoms. The molecule has 1 amide bonds. The molecular weight excluding hydrogens is 363 g/mol. The molecule has 1 heterocycles. The summed E-state index contributed by atoms with van der Waals surface area (Å²) >= 11 is 3.20. The maximum absolute atomic E-state index is 13.4. The summed E-state index contributed by atoms with van der Waals surface area (Å²) in [7, 11) is 0. The van der Waals surface area contributed by atoms with Crippen molar-refractivity contribution in [3.8, 4) is 0 Å². The van der Waals surface area contributed by atoms with Crippen LogP contribution in [0.1, 0.15) is 48.3 Å². The number of nitrogens with one attached hydrogen (secondary N) is 1. The fraction of sp³-hybridized carbons (Fsp3) is 0.438. The van der Waals surface area contributed by atoms with Crippen molar-refractivity contribution in [2.75, 3.05) is 0 Å². The molecule has 0 saturated heterocycles. The smallest absolute Gasteiger partial charge is 0.294 e. The molecule has 0 atom stereocenters. The Morgan fingerprint density at radius 2 is 2.13 bits per heavy atom. The SMILES string of the molecule is O=C(c1nc[nH]n1)N(Cc1ccc(F)c(Br)c1)C1CCCCC1. The summed E-state index contributed by atoms with van der Waals surface area (Å²) in [5, 5.41) is 6.49. The number of amides is 1. The number of aromatic nitrogens is 3. The van der Waals surface area contributed by atoms with Gasteiger partial charge in [-0.05, 0) is 46.5 Å². The lowest BCUT2D eigenvalue weighted by atomic mass is 9.93. The highest BCUT2D eigenvalue weighted by molar-refractivity contribution is 9.10. The van der Waals surface area contributed by atoms with Gasteiger partial charge < -0.3 is 4.90 Å². The third-order valence-electron chi connectivity index (χ3n) is 4.22. The van der Waals surface area contributed by atoms with Gasteiger partial charge in [0.1, 0.15) is 12.1 Å². The zero-order valence-electron chi connectivity index (χ0n) is 12.6. The molecule has 0 bridgehead atoms. The van der Waals surface area contributed by atoms with Crippen LogP contribution >= 0.6 is 15.9 Å². The molecule has 0 unspecified atom stereocenters. The van der Waals surface area contributed by atoms with E-state index in [4.69, 9.17) is 0 Å². The minimum absolute atomic E-state index is 0.178. The van der Waals surface area contributed by atoms with Gasteiger partial charge in [0, 0.05) is 12.6 Å². The zero-order valence-corrected chi connectivity index (χ0v) is 14.2. The molecule has 2 aromatic rings. The van der Waals surface area contributed by atoms with E-state index in [1.807, 2.05) is 4.90 Å². The van der Waals surface area contributed by atoms with E-state index in [9.17, 15) is 9.18 Å². The summed E-state index contributed by atoms with van der Waals surface area (Å²) in [5.74, 6) is -0.311. The molecule has 0 spiro atoms. The van der Waals surface area contributed by atoms with Gasteiger partial charge in [-0.25, -0.2) is 9.37 Å². The molecule has 1 aliphatic rings. The van der Waals surface area contributed by atoms with E-state index in [2.05, 4.69) is 31.1 Å². The third kappa shape index (κ3) is 3.77. The van der Waals surface area contributed by atoms with E-state index in [0.717, 1.165) is 31.2 Å². The number of benzene rings is 1. The number of carbonyl (C=O) groups is 1. The lowest BCUT2D eigenvalue weighted by molar-refractivity contribution is 0.0602. The average molecular weight is 381 g/mol. The number of hydrogen-bond donors (Lipinski definition) is 1. The van der Waals surface area contributed by atoms with Gasteiger partial charge in [-0.15, -0.1) is 5.10 Å². The van der Waals surface area contributed by atoms with Crippen molar-refractivity contribution in [2.45, 2.75) is 44.7 Å². The number of aromatic amines is 1. The van der Waals surface area contributed by atoms with Crippen molar-refractivity contribution in [2.24, 2.45) is 0 Å². The topological polar surface area (TPSA) is 61.9 Å². The second kappa shape index (κ2) is 7.21. The van der Waals surface area contributed by atoms with E-state index in [1.54, 1.807) is 12.1 Å². The van der Waals surface area contributed by atoms with Crippen LogP contribution in [0.25, 0.3) is 0 Å². The number of carbonyl (C=O) groups excluding carboxylic acids is 1. The van der Waals surface area contributed by atoms with Crippen LogP contribution in [0.15, 0.2) is 29.0 Å². The van der Waals surface area contributed by atoms with Crippen LogP contribution in [0.5, 0.6) is 0 Å². The fourth-order valence-electron chi connectivity index (χ4n) is 3.03. The maximum atomic E-state index is 13.4. The third-order valence-corrected chi connectivity index (χ3v) is 4.83. The highest BCUT2D eigenvalue weighted by Crippen LogP contribution is 2.26. The fourth-order valence-corrected chi connectivity index (χ4v) is 3.46. The van der Waals surface area contributed by atoms with E-state index in [0.29, 0.717) is 11.0 Å². The Labute approximate surface area is 142 Å². The van der Waals surface area contributed by atoms with Gasteiger partial charge >= 0.3 is 0 Å². The van der Waals surface area contributed by atoms with Crippen LogP contribution in [0.4, 0.5) is 4.39 Å². The van der Waals surface area contributed by atoms with Crippen molar-refractivity contribution in [1.82, 2.24) is 20.1 Å². The second-order valence-corrected chi connectivity index (χ2v) is 6.65. The lowest BCUT2D eigenvalue weighted by Crippen LogP contribution is -2.41. The number of rotatable bonds is 4. The van der Waals surface area contributed by atoms with Gasteiger partial charge in [-0.1, -0.05) is 25.3 Å². The van der Waals surface area contributed by atoms with Crippen LogP contribution < -0.4 is 0 Å². The summed E-state index contributed by atoms with van der Waals surface area (Å²) in [6.45, 7) is 0.427. The second-order valence-electron chi connectivity index (χ2n) is 5.80. The van der Waals surface area contributed by atoms with Crippen molar-refractivity contribution >= 4 is 21.8 Å². The molecule has 0 radical (unpaired) electrons. The Morgan fingerprint density at radius 3 is 2.78 bits per heavy atom. The first-order chi connectivity index (χ1) is 11.1. The first-order valence-electron chi connectivity index (χ1n) is 7.76. The first-order valence-corrected chi connectivity index (χ1v) is 8.55. The first kappa shape index (κ1) is 16.1. The Balaban J connectivity index is 1.84. The summed E-state index contributed by atoms with van der Waals surface area (Å²) in [4.78, 5) is 18.6. The molecule has 5 nitrogen and oxygen atoms in total. The normalized spacial score (nSPS) is 15.6. The Kier molecular flexibility index (Phi) is 5.05. The maximum Gasteiger partial charge on any atom is 0.294 e. The van der Waals surface area contributed by atoms with Crippen molar-refractivity contribution in [3.63, 3.8) is 0 Å². The van der Waals surface area contributed by atoms with E-state index < -0.39 is 0 Å². The Bertz CT molecular complexity index is 671. The van der Waals surface area contributed by atoms with E-state index >= 15 is 0 Å². The van der Waals surface area contributed by atoms with Crippen LogP contribution in [0.2, 0.25) is 0 Å². The molecular formula is C16H18BrFN4O. The Hall–Kier alpha value is -1.76. The number of nitrogens with zero attached hydrogens (tertiary/aromatic N) is 3.